The van der Waals surface area contributed by atoms with E-state index in [0.717, 1.165) is 5.75 Å². The van der Waals surface area contributed by atoms with Crippen molar-refractivity contribution in [1.29, 1.82) is 0 Å². The van der Waals surface area contributed by atoms with E-state index >= 15 is 0 Å². The second-order valence-corrected chi connectivity index (χ2v) is 6.34. The summed E-state index contributed by atoms with van der Waals surface area (Å²) in [7, 11) is 3.41. The molecule has 3 aromatic rings. The molecule has 1 heterocycles. The third-order valence-corrected chi connectivity index (χ3v) is 4.45. The first-order valence-corrected chi connectivity index (χ1v) is 8.61. The van der Waals surface area contributed by atoms with Gasteiger partial charge in [-0.3, -0.25) is 14.5 Å². The molecule has 2 aromatic carbocycles. The maximum Gasteiger partial charge on any atom is 0.258 e. The molecule has 3 rings (SSSR count). The van der Waals surface area contributed by atoms with E-state index < -0.39 is 0 Å². The molecule has 7 heteroatoms. The molecule has 0 aliphatic heterocycles. The average molecular weight is 366 g/mol. The summed E-state index contributed by atoms with van der Waals surface area (Å²) in [5.41, 5.74) is 1.15. The number of rotatable bonds is 6. The number of likely N-dealkylation sites (N-methyl/N-ethyl adjacent to an activating group) is 1. The molecule has 27 heavy (non-hydrogen) atoms. The van der Waals surface area contributed by atoms with Gasteiger partial charge in [0.2, 0.25) is 5.91 Å². The normalized spacial score (nSPS) is 12.1. The van der Waals surface area contributed by atoms with Gasteiger partial charge < -0.3 is 15.0 Å². The Bertz CT molecular complexity index is 998. The number of aromatic nitrogens is 2. The molecule has 0 saturated heterocycles. The average Bonchev–Trinajstić information content (AvgIpc) is 2.67. The number of aromatic amines is 1. The molecule has 0 bridgehead atoms. The van der Waals surface area contributed by atoms with E-state index in [4.69, 9.17) is 4.74 Å². The number of hydrogen-bond donors (Lipinski definition) is 2. The number of hydrogen-bond acceptors (Lipinski definition) is 5. The molecule has 0 aliphatic rings. The first-order chi connectivity index (χ1) is 13.0. The van der Waals surface area contributed by atoms with Crippen molar-refractivity contribution in [2.24, 2.45) is 0 Å². The van der Waals surface area contributed by atoms with Gasteiger partial charge in [-0.2, -0.15) is 0 Å². The zero-order chi connectivity index (χ0) is 19.4. The van der Waals surface area contributed by atoms with Gasteiger partial charge in [-0.25, -0.2) is 4.98 Å². The van der Waals surface area contributed by atoms with Gasteiger partial charge in [0.25, 0.3) is 5.56 Å². The van der Waals surface area contributed by atoms with Gasteiger partial charge in [0.1, 0.15) is 11.6 Å². The Kier molecular flexibility index (Phi) is 5.52. The predicted octanol–water partition coefficient (Wildman–Crippen LogP) is 2.56. The molecule has 1 aromatic heterocycles. The van der Waals surface area contributed by atoms with E-state index in [1.807, 2.05) is 24.9 Å². The van der Waals surface area contributed by atoms with Crippen LogP contribution in [0.3, 0.4) is 0 Å². The van der Waals surface area contributed by atoms with Crippen LogP contribution >= 0.6 is 0 Å². The Morgan fingerprint density at radius 2 is 1.93 bits per heavy atom. The quantitative estimate of drug-likeness (QED) is 0.700. The summed E-state index contributed by atoms with van der Waals surface area (Å²) in [6.45, 7) is 2.05. The molecule has 0 radical (unpaired) electrons. The monoisotopic (exact) mass is 366 g/mol. The van der Waals surface area contributed by atoms with Crippen molar-refractivity contribution in [2.45, 2.75) is 13.0 Å². The lowest BCUT2D eigenvalue weighted by Crippen LogP contribution is -2.33. The van der Waals surface area contributed by atoms with Crippen LogP contribution in [-0.2, 0) is 4.79 Å². The fourth-order valence-electron chi connectivity index (χ4n) is 2.75. The SMILES string of the molecule is COc1ccc(NC(=O)CN(C)[C@H](C)c2nc3ccccc3c(=O)[nH]2)cc1. The van der Waals surface area contributed by atoms with Gasteiger partial charge in [0, 0.05) is 5.69 Å². The van der Waals surface area contributed by atoms with Gasteiger partial charge in [-0.15, -0.1) is 0 Å². The summed E-state index contributed by atoms with van der Waals surface area (Å²) in [5, 5.41) is 3.39. The van der Waals surface area contributed by atoms with Gasteiger partial charge in [-0.1, -0.05) is 12.1 Å². The van der Waals surface area contributed by atoms with Crippen LogP contribution in [0.5, 0.6) is 5.75 Å². The summed E-state index contributed by atoms with van der Waals surface area (Å²) >= 11 is 0. The van der Waals surface area contributed by atoms with E-state index in [2.05, 4.69) is 15.3 Å². The highest BCUT2D eigenvalue weighted by Gasteiger charge is 2.18. The second-order valence-electron chi connectivity index (χ2n) is 6.34. The van der Waals surface area contributed by atoms with Crippen molar-refractivity contribution in [2.75, 3.05) is 26.0 Å². The zero-order valence-corrected chi connectivity index (χ0v) is 15.5. The molecular formula is C20H22N4O3. The number of anilines is 1. The molecule has 0 unspecified atom stereocenters. The molecule has 1 amide bonds. The summed E-state index contributed by atoms with van der Waals surface area (Å²) in [4.78, 5) is 33.7. The van der Waals surface area contributed by atoms with Crippen LogP contribution in [0.15, 0.2) is 53.3 Å². The van der Waals surface area contributed by atoms with E-state index in [0.29, 0.717) is 22.4 Å². The largest absolute Gasteiger partial charge is 0.497 e. The molecule has 140 valence electrons. The lowest BCUT2D eigenvalue weighted by atomic mass is 10.2. The topological polar surface area (TPSA) is 87.3 Å². The van der Waals surface area contributed by atoms with Gasteiger partial charge >= 0.3 is 0 Å². The number of methoxy groups -OCH3 is 1. The molecule has 2 N–H and O–H groups in total. The van der Waals surface area contributed by atoms with Crippen LogP contribution in [0.25, 0.3) is 10.9 Å². The Morgan fingerprint density at radius 1 is 1.22 bits per heavy atom. The van der Waals surface area contributed by atoms with Crippen LogP contribution in [0.2, 0.25) is 0 Å². The minimum Gasteiger partial charge on any atom is -0.497 e. The summed E-state index contributed by atoms with van der Waals surface area (Å²) in [5.74, 6) is 1.10. The van der Waals surface area contributed by atoms with Crippen molar-refractivity contribution >= 4 is 22.5 Å². The van der Waals surface area contributed by atoms with Crippen molar-refractivity contribution in [3.63, 3.8) is 0 Å². The summed E-state index contributed by atoms with van der Waals surface area (Å²) in [6, 6.07) is 14.1. The van der Waals surface area contributed by atoms with Gasteiger partial charge in [-0.05, 0) is 50.4 Å². The molecule has 0 aliphatic carbocycles. The summed E-state index contributed by atoms with van der Waals surface area (Å²) < 4.78 is 5.10. The number of H-pyrrole nitrogens is 1. The highest BCUT2D eigenvalue weighted by molar-refractivity contribution is 5.92. The smallest absolute Gasteiger partial charge is 0.258 e. The summed E-state index contributed by atoms with van der Waals surface area (Å²) in [6.07, 6.45) is 0. The van der Waals surface area contributed by atoms with Crippen LogP contribution in [-0.4, -0.2) is 41.5 Å². The number of carbonyl (C=O) groups is 1. The number of amides is 1. The third-order valence-electron chi connectivity index (χ3n) is 4.45. The Hall–Kier alpha value is -3.19. The highest BCUT2D eigenvalue weighted by atomic mass is 16.5. The van der Waals surface area contributed by atoms with E-state index in [1.54, 1.807) is 49.6 Å². The Balaban J connectivity index is 1.68. The number of nitrogens with one attached hydrogen (secondary N) is 2. The Morgan fingerprint density at radius 3 is 2.63 bits per heavy atom. The molecular weight excluding hydrogens is 344 g/mol. The van der Waals surface area contributed by atoms with Gasteiger partial charge in [0.05, 0.1) is 30.6 Å². The molecule has 1 atom stereocenters. The van der Waals surface area contributed by atoms with Crippen molar-refractivity contribution < 1.29 is 9.53 Å². The van der Waals surface area contributed by atoms with Crippen LogP contribution in [0, 0.1) is 0 Å². The molecule has 0 fully saturated rings. The van der Waals surface area contributed by atoms with Crippen LogP contribution < -0.4 is 15.6 Å². The number of para-hydroxylation sites is 1. The number of benzene rings is 2. The van der Waals surface area contributed by atoms with Crippen LogP contribution in [0.1, 0.15) is 18.8 Å². The standard InChI is InChI=1S/C20H22N4O3/c1-13(19-22-17-7-5-4-6-16(17)20(26)23-19)24(2)12-18(25)21-14-8-10-15(27-3)11-9-14/h4-11,13H,12H2,1-3H3,(H,21,25)(H,22,23,26)/t13-/m1/s1. The lowest BCUT2D eigenvalue weighted by molar-refractivity contribution is -0.117. The van der Waals surface area contributed by atoms with E-state index in [1.165, 1.54) is 0 Å². The number of fused-ring (bicyclic) bond motifs is 1. The maximum absolute atomic E-state index is 12.3. The fourth-order valence-corrected chi connectivity index (χ4v) is 2.75. The Labute approximate surface area is 157 Å². The first kappa shape index (κ1) is 18.6. The van der Waals surface area contributed by atoms with Crippen molar-refractivity contribution in [3.05, 3.63) is 64.7 Å². The number of ether oxygens (including phenoxy) is 1. The van der Waals surface area contributed by atoms with Gasteiger partial charge in [0.15, 0.2) is 0 Å². The first-order valence-electron chi connectivity index (χ1n) is 8.61. The molecule has 0 spiro atoms. The van der Waals surface area contributed by atoms with Crippen LogP contribution in [0.4, 0.5) is 5.69 Å². The van der Waals surface area contributed by atoms with E-state index in [9.17, 15) is 9.59 Å². The zero-order valence-electron chi connectivity index (χ0n) is 15.5. The third kappa shape index (κ3) is 4.32. The fraction of sp³-hybridized carbons (Fsp3) is 0.250. The maximum atomic E-state index is 12.3. The number of nitrogens with zero attached hydrogens (tertiary/aromatic N) is 2. The van der Waals surface area contributed by atoms with Crippen molar-refractivity contribution in [3.8, 4) is 5.75 Å². The number of carbonyl (C=O) groups excluding carboxylic acids is 1. The van der Waals surface area contributed by atoms with E-state index in [-0.39, 0.29) is 24.1 Å². The predicted molar refractivity (Wildman–Crippen MR) is 105 cm³/mol. The lowest BCUT2D eigenvalue weighted by Gasteiger charge is -2.23. The minimum atomic E-state index is -0.232. The second kappa shape index (κ2) is 8.01. The minimum absolute atomic E-state index is 0.155. The van der Waals surface area contributed by atoms with Crippen molar-refractivity contribution in [1.82, 2.24) is 14.9 Å². The molecule has 7 nitrogen and oxygen atoms in total. The molecule has 0 saturated carbocycles. The highest BCUT2D eigenvalue weighted by Crippen LogP contribution is 2.17.